The van der Waals surface area contributed by atoms with Crippen molar-refractivity contribution < 1.29 is 61.7 Å². The molecule has 0 rings (SSSR count). The second kappa shape index (κ2) is 18.0. The molecule has 5 N–H and O–H groups in total. The molecule has 17 heteroatoms. The van der Waals surface area contributed by atoms with Gasteiger partial charge in [-0.25, -0.2) is 4.57 Å². The van der Waals surface area contributed by atoms with Crippen molar-refractivity contribution >= 4 is 90.8 Å². The predicted molar refractivity (Wildman–Crippen MR) is 89.0 cm³/mol. The van der Waals surface area contributed by atoms with Crippen molar-refractivity contribution in [3.63, 3.8) is 0 Å². The van der Waals surface area contributed by atoms with Crippen molar-refractivity contribution in [1.82, 2.24) is 9.80 Å². The normalized spacial score (nSPS) is 10.1. The van der Waals surface area contributed by atoms with Crippen LogP contribution < -0.4 is 10.2 Å². The van der Waals surface area contributed by atoms with E-state index in [0.29, 0.717) is 0 Å². The van der Waals surface area contributed by atoms with Crippen LogP contribution in [0.5, 0.6) is 0 Å². The van der Waals surface area contributed by atoms with Crippen LogP contribution in [-0.2, 0) is 23.7 Å². The van der Waals surface area contributed by atoms with Crippen LogP contribution in [0.1, 0.15) is 2.85 Å². The second-order valence-corrected chi connectivity index (χ2v) is 5.49. The SMILES string of the molecule is O=C([O-])CN(CCN(CC(=O)O)CC(=O)O)CC(=O)[O-].O=P(O)(O)O.[H+].[H+].[NaH].[NaH]. The van der Waals surface area contributed by atoms with Gasteiger partial charge in [-0.15, -0.1) is 0 Å². The molecule has 0 unspecified atom stereocenters. The standard InChI is InChI=1S/C10H16N2O8.2Na.H3O4P.2H/c13-7(14)3-11(4-8(15)16)1-2-12(5-9(17)18)6-10(19)20;;;1-5(2,3)4;;/h1-6H2,(H,13,14)(H,15,16)(H,17,18)(H,19,20);;;(H3,1,2,3,4);;. The first kappa shape index (κ1) is 34.4. The third kappa shape index (κ3) is 33.9. The first-order chi connectivity index (χ1) is 11.2. The topological polar surface area (TPSA) is 239 Å². The maximum absolute atomic E-state index is 10.5. The molecule has 0 saturated carbocycles. The van der Waals surface area contributed by atoms with Gasteiger partial charge in [0.2, 0.25) is 0 Å². The Balaban J connectivity index is -0.000000131. The molecule has 0 radical (unpaired) electrons. The van der Waals surface area contributed by atoms with Gasteiger partial charge in [-0.1, -0.05) is 0 Å². The maximum atomic E-state index is 10.5. The van der Waals surface area contributed by atoms with E-state index in [1.54, 1.807) is 0 Å². The van der Waals surface area contributed by atoms with Crippen LogP contribution in [0.3, 0.4) is 0 Å². The van der Waals surface area contributed by atoms with Gasteiger partial charge in [0.25, 0.3) is 0 Å². The van der Waals surface area contributed by atoms with Crippen molar-refractivity contribution in [1.29, 1.82) is 0 Å². The molecule has 0 spiro atoms. The summed E-state index contributed by atoms with van der Waals surface area (Å²) in [4.78, 5) is 65.5. The van der Waals surface area contributed by atoms with Crippen LogP contribution in [0.25, 0.3) is 0 Å². The number of aliphatic carboxylic acids is 4. The average Bonchev–Trinajstić information content (AvgIpc) is 2.30. The molecule has 0 aromatic carbocycles. The zero-order valence-corrected chi connectivity index (χ0v) is 13.6. The first-order valence-corrected chi connectivity index (χ1v) is 7.83. The molecule has 0 saturated heterocycles. The molecule has 0 aromatic heterocycles. The summed E-state index contributed by atoms with van der Waals surface area (Å²) < 4.78 is 8.88. The fourth-order valence-corrected chi connectivity index (χ4v) is 1.46. The van der Waals surface area contributed by atoms with Crippen molar-refractivity contribution in [3.05, 3.63) is 0 Å². The van der Waals surface area contributed by atoms with Crippen LogP contribution in [0.15, 0.2) is 0 Å². The fourth-order valence-electron chi connectivity index (χ4n) is 1.46. The minimum absolute atomic E-state index is 0. The zero-order valence-electron chi connectivity index (χ0n) is 14.7. The summed E-state index contributed by atoms with van der Waals surface area (Å²) in [5.74, 6) is -5.52. The van der Waals surface area contributed by atoms with E-state index in [9.17, 15) is 29.4 Å². The molecule has 0 heterocycles. The Morgan fingerprint density at radius 1 is 0.741 bits per heavy atom. The van der Waals surface area contributed by atoms with Gasteiger partial charge in [0.15, 0.2) is 0 Å². The van der Waals surface area contributed by atoms with E-state index in [4.69, 9.17) is 29.5 Å². The molecule has 0 aliphatic rings. The van der Waals surface area contributed by atoms with E-state index in [0.717, 1.165) is 9.80 Å². The van der Waals surface area contributed by atoms with Crippen molar-refractivity contribution in [2.24, 2.45) is 0 Å². The Bertz CT molecular complexity index is 463. The summed E-state index contributed by atoms with van der Waals surface area (Å²) >= 11 is 0. The monoisotopic (exact) mass is 438 g/mol. The number of carbonyl (C=O) groups is 4. The summed E-state index contributed by atoms with van der Waals surface area (Å²) in [6.45, 7) is -2.75. The second-order valence-electron chi connectivity index (χ2n) is 4.47. The molecule has 0 aliphatic carbocycles. The van der Waals surface area contributed by atoms with Gasteiger partial charge in [-0.2, -0.15) is 0 Å². The fraction of sp³-hybridized carbons (Fsp3) is 0.600. The van der Waals surface area contributed by atoms with Gasteiger partial charge in [0.1, 0.15) is 0 Å². The molecule has 0 aromatic rings. The summed E-state index contributed by atoms with van der Waals surface area (Å²) in [5.41, 5.74) is 0. The molecule has 0 atom stereocenters. The Morgan fingerprint density at radius 3 is 1.15 bits per heavy atom. The van der Waals surface area contributed by atoms with Crippen LogP contribution in [0.4, 0.5) is 0 Å². The molecule has 150 valence electrons. The van der Waals surface area contributed by atoms with Gasteiger partial charge in [-0.05, 0) is 0 Å². The number of nitrogens with zero attached hydrogens (tertiary/aromatic N) is 2. The number of carbonyl (C=O) groups excluding carboxylic acids is 2. The van der Waals surface area contributed by atoms with Crippen LogP contribution in [-0.4, -0.2) is 157 Å². The van der Waals surface area contributed by atoms with E-state index in [1.165, 1.54) is 0 Å². The van der Waals surface area contributed by atoms with Gasteiger partial charge < -0.3 is 44.7 Å². The third-order valence-electron chi connectivity index (χ3n) is 2.16. The summed E-state index contributed by atoms with van der Waals surface area (Å²) in [5, 5.41) is 38.0. The molecule has 27 heavy (non-hydrogen) atoms. The van der Waals surface area contributed by atoms with E-state index < -0.39 is 57.9 Å². The molecule has 14 nitrogen and oxygen atoms in total. The Morgan fingerprint density at radius 2 is 0.963 bits per heavy atom. The van der Waals surface area contributed by atoms with Crippen molar-refractivity contribution in [3.8, 4) is 0 Å². The summed E-state index contributed by atoms with van der Waals surface area (Å²) in [7, 11) is -4.64. The van der Waals surface area contributed by atoms with Crippen LogP contribution >= 0.6 is 7.82 Å². The Hall–Kier alpha value is -0.0900. The average molecular weight is 438 g/mol. The zero-order chi connectivity index (χ0) is 20.2. The van der Waals surface area contributed by atoms with E-state index in [1.807, 2.05) is 0 Å². The molecule has 0 bridgehead atoms. The first-order valence-electron chi connectivity index (χ1n) is 6.27. The Labute approximate surface area is 200 Å². The molecule has 0 aliphatic heterocycles. The van der Waals surface area contributed by atoms with Gasteiger partial charge in [-0.3, -0.25) is 19.4 Å². The van der Waals surface area contributed by atoms with E-state index in [-0.39, 0.29) is 75.1 Å². The minimum atomic E-state index is -4.64. The number of rotatable bonds is 11. The van der Waals surface area contributed by atoms with Crippen molar-refractivity contribution in [2.75, 3.05) is 39.3 Å². The molecular formula is C10H21N2Na2O12P. The number of carboxylic acid groups (broad SMARTS) is 4. The molecular weight excluding hydrogens is 417 g/mol. The predicted octanol–water partition coefficient (Wildman–Crippen LogP) is -6.74. The van der Waals surface area contributed by atoms with Gasteiger partial charge >= 0.3 is 81.7 Å². The number of hydrogen-bond donors (Lipinski definition) is 5. The van der Waals surface area contributed by atoms with Crippen molar-refractivity contribution in [2.45, 2.75) is 0 Å². The van der Waals surface area contributed by atoms with Gasteiger partial charge in [0.05, 0.1) is 25.0 Å². The van der Waals surface area contributed by atoms with E-state index >= 15 is 0 Å². The quantitative estimate of drug-likeness (QED) is 0.149. The number of hydrogen-bond acceptors (Lipinski definition) is 9. The Kier molecular flexibility index (Phi) is 22.9. The van der Waals surface area contributed by atoms with Crippen LogP contribution in [0.2, 0.25) is 0 Å². The third-order valence-corrected chi connectivity index (χ3v) is 2.16. The number of carboxylic acids is 4. The molecule has 0 amide bonds. The van der Waals surface area contributed by atoms with Crippen LogP contribution in [0, 0.1) is 0 Å². The summed E-state index contributed by atoms with van der Waals surface area (Å²) in [6.07, 6.45) is 0. The summed E-state index contributed by atoms with van der Waals surface area (Å²) in [6, 6.07) is 0. The van der Waals surface area contributed by atoms with E-state index in [2.05, 4.69) is 0 Å². The van der Waals surface area contributed by atoms with Gasteiger partial charge in [0, 0.05) is 26.2 Å². The number of phosphoric acid groups is 1. The molecule has 0 fully saturated rings.